The van der Waals surface area contributed by atoms with Crippen LogP contribution in [0.4, 0.5) is 0 Å². The standard InChI is InChI=1S/C19H28N2O2.ClH/c20-17-8-4-5-15(17)13-18(22)21-14-19(9-11-23-12-10-19)16-6-2-1-3-7-16;/h1-3,6-7,15,17H,4-5,8-14,20H2,(H,21,22);1H/t15-,17+;/m0./s1. The van der Waals surface area contributed by atoms with Crippen molar-refractivity contribution in [3.63, 3.8) is 0 Å². The van der Waals surface area contributed by atoms with Crippen molar-refractivity contribution in [2.45, 2.75) is 50.0 Å². The molecular weight excluding hydrogens is 324 g/mol. The average Bonchev–Trinajstić information content (AvgIpc) is 2.99. The molecule has 2 aliphatic rings. The quantitative estimate of drug-likeness (QED) is 0.856. The molecule has 1 aliphatic heterocycles. The van der Waals surface area contributed by atoms with Gasteiger partial charge in [0.2, 0.25) is 5.91 Å². The van der Waals surface area contributed by atoms with Crippen LogP contribution in [0.3, 0.4) is 0 Å². The molecule has 134 valence electrons. The first kappa shape index (κ1) is 19.2. The average molecular weight is 353 g/mol. The lowest BCUT2D eigenvalue weighted by Gasteiger charge is -2.38. The van der Waals surface area contributed by atoms with Crippen LogP contribution in [0.15, 0.2) is 30.3 Å². The fraction of sp³-hybridized carbons (Fsp3) is 0.632. The Morgan fingerprint density at radius 3 is 2.54 bits per heavy atom. The molecule has 1 aromatic carbocycles. The first-order chi connectivity index (χ1) is 11.2. The molecule has 1 aliphatic carbocycles. The monoisotopic (exact) mass is 352 g/mol. The lowest BCUT2D eigenvalue weighted by atomic mass is 9.74. The summed E-state index contributed by atoms with van der Waals surface area (Å²) in [6.45, 7) is 2.22. The Bertz CT molecular complexity index is 517. The zero-order chi connectivity index (χ0) is 16.1. The van der Waals surface area contributed by atoms with E-state index in [2.05, 4.69) is 29.6 Å². The van der Waals surface area contributed by atoms with Gasteiger partial charge in [0.1, 0.15) is 0 Å². The van der Waals surface area contributed by atoms with Crippen LogP contribution in [0, 0.1) is 5.92 Å². The van der Waals surface area contributed by atoms with E-state index < -0.39 is 0 Å². The SMILES string of the molecule is Cl.N[C@@H]1CCC[C@H]1CC(=O)NCC1(c2ccccc2)CCOCC1. The molecule has 3 N–H and O–H groups in total. The third kappa shape index (κ3) is 4.50. The van der Waals surface area contributed by atoms with Crippen LogP contribution in [-0.4, -0.2) is 31.7 Å². The summed E-state index contributed by atoms with van der Waals surface area (Å²) < 4.78 is 5.55. The maximum Gasteiger partial charge on any atom is 0.220 e. The number of carbonyl (C=O) groups is 1. The Morgan fingerprint density at radius 1 is 1.21 bits per heavy atom. The highest BCUT2D eigenvalue weighted by Gasteiger charge is 2.35. The summed E-state index contributed by atoms with van der Waals surface area (Å²) in [6.07, 6.45) is 5.79. The van der Waals surface area contributed by atoms with Crippen molar-refractivity contribution in [3.05, 3.63) is 35.9 Å². The van der Waals surface area contributed by atoms with Crippen molar-refractivity contribution >= 4 is 18.3 Å². The lowest BCUT2D eigenvalue weighted by Crippen LogP contribution is -2.45. The van der Waals surface area contributed by atoms with Gasteiger partial charge in [-0.1, -0.05) is 36.8 Å². The number of carbonyl (C=O) groups excluding carboxylic acids is 1. The Hall–Kier alpha value is -1.10. The zero-order valence-corrected chi connectivity index (χ0v) is 15.0. The molecule has 24 heavy (non-hydrogen) atoms. The highest BCUT2D eigenvalue weighted by molar-refractivity contribution is 5.85. The molecule has 1 heterocycles. The van der Waals surface area contributed by atoms with Crippen LogP contribution in [-0.2, 0) is 14.9 Å². The van der Waals surface area contributed by atoms with E-state index >= 15 is 0 Å². The van der Waals surface area contributed by atoms with E-state index in [1.165, 1.54) is 5.56 Å². The minimum Gasteiger partial charge on any atom is -0.381 e. The van der Waals surface area contributed by atoms with E-state index in [0.29, 0.717) is 18.9 Å². The van der Waals surface area contributed by atoms with Crippen LogP contribution >= 0.6 is 12.4 Å². The Labute approximate surface area is 150 Å². The van der Waals surface area contributed by atoms with E-state index in [1.807, 2.05) is 6.07 Å². The van der Waals surface area contributed by atoms with Gasteiger partial charge < -0.3 is 15.8 Å². The molecule has 0 spiro atoms. The summed E-state index contributed by atoms with van der Waals surface area (Å²) >= 11 is 0. The fourth-order valence-electron chi connectivity index (χ4n) is 4.02. The zero-order valence-electron chi connectivity index (χ0n) is 14.2. The number of halogens is 1. The number of nitrogens with one attached hydrogen (secondary N) is 1. The van der Waals surface area contributed by atoms with E-state index in [4.69, 9.17) is 10.5 Å². The van der Waals surface area contributed by atoms with Crippen LogP contribution in [0.1, 0.15) is 44.1 Å². The molecule has 2 fully saturated rings. The van der Waals surface area contributed by atoms with E-state index in [9.17, 15) is 4.79 Å². The summed E-state index contributed by atoms with van der Waals surface area (Å²) in [5.41, 5.74) is 7.40. The van der Waals surface area contributed by atoms with Gasteiger partial charge in [0.15, 0.2) is 0 Å². The molecule has 4 nitrogen and oxygen atoms in total. The number of hydrogen-bond acceptors (Lipinski definition) is 3. The van der Waals surface area contributed by atoms with Crippen molar-refractivity contribution in [1.29, 1.82) is 0 Å². The number of hydrogen-bond donors (Lipinski definition) is 2. The lowest BCUT2D eigenvalue weighted by molar-refractivity contribution is -0.122. The fourth-order valence-corrected chi connectivity index (χ4v) is 4.02. The van der Waals surface area contributed by atoms with Gasteiger partial charge in [0.05, 0.1) is 0 Å². The molecular formula is C19H29ClN2O2. The number of nitrogens with two attached hydrogens (primary N) is 1. The number of benzene rings is 1. The van der Waals surface area contributed by atoms with Gasteiger partial charge in [0.25, 0.3) is 0 Å². The second-order valence-electron chi connectivity index (χ2n) is 7.09. The summed E-state index contributed by atoms with van der Waals surface area (Å²) in [7, 11) is 0. The second-order valence-corrected chi connectivity index (χ2v) is 7.09. The molecule has 1 saturated carbocycles. The number of amides is 1. The molecule has 0 unspecified atom stereocenters. The van der Waals surface area contributed by atoms with Crippen molar-refractivity contribution in [2.75, 3.05) is 19.8 Å². The summed E-state index contributed by atoms with van der Waals surface area (Å²) in [6, 6.07) is 10.7. The molecule has 0 radical (unpaired) electrons. The smallest absolute Gasteiger partial charge is 0.220 e. The maximum absolute atomic E-state index is 12.4. The highest BCUT2D eigenvalue weighted by atomic mass is 35.5. The predicted octanol–water partition coefficient (Wildman–Crippen LogP) is 2.79. The maximum atomic E-state index is 12.4. The van der Waals surface area contributed by atoms with E-state index in [0.717, 1.165) is 45.3 Å². The molecule has 3 rings (SSSR count). The number of ether oxygens (including phenoxy) is 1. The van der Waals surface area contributed by atoms with Crippen molar-refractivity contribution < 1.29 is 9.53 Å². The molecule has 5 heteroatoms. The minimum absolute atomic E-state index is 0. The highest BCUT2D eigenvalue weighted by Crippen LogP contribution is 2.34. The van der Waals surface area contributed by atoms with E-state index in [1.54, 1.807) is 0 Å². The van der Waals surface area contributed by atoms with Crippen molar-refractivity contribution in [2.24, 2.45) is 11.7 Å². The van der Waals surface area contributed by atoms with Crippen molar-refractivity contribution in [3.8, 4) is 0 Å². The first-order valence-corrected chi connectivity index (χ1v) is 8.85. The van der Waals surface area contributed by atoms with Gasteiger partial charge in [0, 0.05) is 37.6 Å². The Balaban J connectivity index is 0.00000208. The van der Waals surface area contributed by atoms with Gasteiger partial charge >= 0.3 is 0 Å². The van der Waals surface area contributed by atoms with Gasteiger partial charge in [-0.2, -0.15) is 0 Å². The Kier molecular flexibility index (Phi) is 7.08. The van der Waals surface area contributed by atoms with Gasteiger partial charge in [-0.25, -0.2) is 0 Å². The topological polar surface area (TPSA) is 64.4 Å². The normalized spacial score (nSPS) is 25.7. The summed E-state index contributed by atoms with van der Waals surface area (Å²) in [5, 5.41) is 3.19. The molecule has 0 bridgehead atoms. The minimum atomic E-state index is 0. The summed E-state index contributed by atoms with van der Waals surface area (Å²) in [4.78, 5) is 12.4. The largest absolute Gasteiger partial charge is 0.381 e. The van der Waals surface area contributed by atoms with E-state index in [-0.39, 0.29) is 29.8 Å². The van der Waals surface area contributed by atoms with Crippen LogP contribution < -0.4 is 11.1 Å². The Morgan fingerprint density at radius 2 is 1.92 bits per heavy atom. The van der Waals surface area contributed by atoms with Gasteiger partial charge in [-0.3, -0.25) is 4.79 Å². The number of rotatable bonds is 5. The first-order valence-electron chi connectivity index (χ1n) is 8.85. The van der Waals surface area contributed by atoms with Crippen LogP contribution in [0.5, 0.6) is 0 Å². The van der Waals surface area contributed by atoms with Gasteiger partial charge in [-0.05, 0) is 37.2 Å². The summed E-state index contributed by atoms with van der Waals surface area (Å²) in [5.74, 6) is 0.506. The third-order valence-corrected chi connectivity index (χ3v) is 5.63. The predicted molar refractivity (Wildman–Crippen MR) is 98.4 cm³/mol. The third-order valence-electron chi connectivity index (χ3n) is 5.63. The van der Waals surface area contributed by atoms with Crippen LogP contribution in [0.2, 0.25) is 0 Å². The van der Waals surface area contributed by atoms with Gasteiger partial charge in [-0.15, -0.1) is 12.4 Å². The second kappa shape index (κ2) is 8.84. The molecule has 1 saturated heterocycles. The molecule has 1 amide bonds. The van der Waals surface area contributed by atoms with Crippen molar-refractivity contribution in [1.82, 2.24) is 5.32 Å². The molecule has 2 atom stereocenters. The molecule has 0 aromatic heterocycles. The molecule has 1 aromatic rings. The van der Waals surface area contributed by atoms with Crippen LogP contribution in [0.25, 0.3) is 0 Å².